The number of methoxy groups -OCH3 is 2. The summed E-state index contributed by atoms with van der Waals surface area (Å²) in [4.78, 5) is 18.7. The van der Waals surface area contributed by atoms with Gasteiger partial charge in [-0.25, -0.2) is 0 Å². The van der Waals surface area contributed by atoms with E-state index in [4.69, 9.17) is 19.0 Å². The Bertz CT molecular complexity index is 1210. The molecule has 4 rings (SSSR count). The summed E-state index contributed by atoms with van der Waals surface area (Å²) in [6.07, 6.45) is 0. The summed E-state index contributed by atoms with van der Waals surface area (Å²) in [5.41, 5.74) is 2.44. The van der Waals surface area contributed by atoms with Gasteiger partial charge in [0.15, 0.2) is 5.43 Å². The average molecular weight is 417 g/mol. The maximum atomic E-state index is 12.6. The fraction of sp³-hybridized carbons (Fsp3) is 0.160. The molecule has 31 heavy (non-hydrogen) atoms. The van der Waals surface area contributed by atoms with Crippen molar-refractivity contribution in [2.24, 2.45) is 0 Å². The Labute approximate surface area is 180 Å². The van der Waals surface area contributed by atoms with Crippen LogP contribution in [0.25, 0.3) is 10.9 Å². The summed E-state index contributed by atoms with van der Waals surface area (Å²) in [5, 5.41) is 0.564. The van der Waals surface area contributed by atoms with Crippen LogP contribution in [0.15, 0.2) is 83.7 Å². The maximum absolute atomic E-state index is 12.6. The molecule has 0 amide bonds. The number of rotatable bonds is 8. The fourth-order valence-corrected chi connectivity index (χ4v) is 3.20. The van der Waals surface area contributed by atoms with Crippen molar-refractivity contribution in [3.63, 3.8) is 0 Å². The number of ether oxygens (including phenoxy) is 3. The van der Waals surface area contributed by atoms with Crippen molar-refractivity contribution in [2.75, 3.05) is 14.2 Å². The maximum Gasteiger partial charge on any atom is 0.232 e. The summed E-state index contributed by atoms with van der Waals surface area (Å²) >= 11 is 0. The van der Waals surface area contributed by atoms with E-state index < -0.39 is 0 Å². The fourth-order valence-electron chi connectivity index (χ4n) is 3.20. The van der Waals surface area contributed by atoms with Crippen molar-refractivity contribution in [1.82, 2.24) is 4.73 Å². The van der Waals surface area contributed by atoms with E-state index >= 15 is 0 Å². The Kier molecular flexibility index (Phi) is 6.08. The molecule has 0 spiro atoms. The van der Waals surface area contributed by atoms with Crippen LogP contribution in [0.1, 0.15) is 11.1 Å². The van der Waals surface area contributed by atoms with E-state index in [1.807, 2.05) is 66.7 Å². The van der Waals surface area contributed by atoms with Gasteiger partial charge in [-0.05, 0) is 47.5 Å². The van der Waals surface area contributed by atoms with Gasteiger partial charge < -0.3 is 19.0 Å². The molecule has 6 nitrogen and oxygen atoms in total. The molecular weight excluding hydrogens is 394 g/mol. The summed E-state index contributed by atoms with van der Waals surface area (Å²) in [7, 11) is 3.25. The predicted molar refractivity (Wildman–Crippen MR) is 119 cm³/mol. The van der Waals surface area contributed by atoms with Gasteiger partial charge >= 0.3 is 0 Å². The van der Waals surface area contributed by atoms with Gasteiger partial charge in [0, 0.05) is 11.5 Å². The first-order chi connectivity index (χ1) is 15.2. The molecule has 3 aromatic carbocycles. The average Bonchev–Trinajstić information content (AvgIpc) is 2.83. The first-order valence-corrected chi connectivity index (χ1v) is 9.84. The number of pyridine rings is 1. The standard InChI is InChI=1S/C25H23NO5/c1-28-20-11-7-18(8-12-20)16-30-25-15-24(27)22-5-3-4-6-23(22)26(25)31-17-19-9-13-21(29-2)14-10-19/h3-15H,16-17H2,1-2H3. The van der Waals surface area contributed by atoms with Crippen LogP contribution in [0.3, 0.4) is 0 Å². The number of benzene rings is 3. The monoisotopic (exact) mass is 417 g/mol. The lowest BCUT2D eigenvalue weighted by molar-refractivity contribution is 0.0787. The van der Waals surface area contributed by atoms with E-state index in [0.717, 1.165) is 22.6 Å². The van der Waals surface area contributed by atoms with E-state index in [2.05, 4.69) is 0 Å². The third-order valence-electron chi connectivity index (χ3n) is 4.91. The van der Waals surface area contributed by atoms with Gasteiger partial charge in [-0.15, -0.1) is 4.73 Å². The zero-order valence-electron chi connectivity index (χ0n) is 17.4. The van der Waals surface area contributed by atoms with Crippen LogP contribution in [-0.2, 0) is 13.2 Å². The first-order valence-electron chi connectivity index (χ1n) is 9.84. The predicted octanol–water partition coefficient (Wildman–Crippen LogP) is 4.23. The van der Waals surface area contributed by atoms with Crippen molar-refractivity contribution in [3.05, 3.63) is 100 Å². The minimum absolute atomic E-state index is 0.121. The van der Waals surface area contributed by atoms with Crippen LogP contribution in [0.2, 0.25) is 0 Å². The van der Waals surface area contributed by atoms with E-state index in [9.17, 15) is 4.79 Å². The molecule has 0 unspecified atom stereocenters. The van der Waals surface area contributed by atoms with Gasteiger partial charge in [0.2, 0.25) is 5.88 Å². The van der Waals surface area contributed by atoms with Crippen molar-refractivity contribution in [3.8, 4) is 17.4 Å². The number of hydrogen-bond donors (Lipinski definition) is 0. The molecule has 1 heterocycles. The lowest BCUT2D eigenvalue weighted by atomic mass is 10.2. The molecule has 0 saturated heterocycles. The Balaban J connectivity index is 1.62. The third kappa shape index (κ3) is 4.64. The lowest BCUT2D eigenvalue weighted by Crippen LogP contribution is -2.19. The lowest BCUT2D eigenvalue weighted by Gasteiger charge is -2.18. The highest BCUT2D eigenvalue weighted by molar-refractivity contribution is 5.79. The molecular formula is C25H23NO5. The number of para-hydroxylation sites is 1. The van der Waals surface area contributed by atoms with Crippen molar-refractivity contribution in [2.45, 2.75) is 13.2 Å². The molecule has 0 aliphatic rings. The Morgan fingerprint density at radius 1 is 0.742 bits per heavy atom. The summed E-state index contributed by atoms with van der Waals surface area (Å²) in [5.74, 6) is 1.89. The minimum Gasteiger partial charge on any atom is -0.497 e. The molecule has 0 radical (unpaired) electrons. The molecule has 0 N–H and O–H groups in total. The van der Waals surface area contributed by atoms with Crippen molar-refractivity contribution < 1.29 is 19.0 Å². The zero-order chi connectivity index (χ0) is 21.6. The smallest absolute Gasteiger partial charge is 0.232 e. The quantitative estimate of drug-likeness (QED) is 0.430. The van der Waals surface area contributed by atoms with Crippen LogP contribution in [0, 0.1) is 0 Å². The van der Waals surface area contributed by atoms with E-state index in [-0.39, 0.29) is 12.0 Å². The van der Waals surface area contributed by atoms with Crippen LogP contribution >= 0.6 is 0 Å². The Hall–Kier alpha value is -3.93. The third-order valence-corrected chi connectivity index (χ3v) is 4.91. The number of hydrogen-bond acceptors (Lipinski definition) is 5. The van der Waals surface area contributed by atoms with Gasteiger partial charge in [0.25, 0.3) is 0 Å². The molecule has 0 atom stereocenters. The van der Waals surface area contributed by atoms with Gasteiger partial charge in [-0.2, -0.15) is 0 Å². The van der Waals surface area contributed by atoms with E-state index in [1.54, 1.807) is 25.0 Å². The van der Waals surface area contributed by atoms with E-state index in [0.29, 0.717) is 23.4 Å². The van der Waals surface area contributed by atoms with Crippen molar-refractivity contribution >= 4 is 10.9 Å². The Morgan fingerprint density at radius 3 is 1.94 bits per heavy atom. The topological polar surface area (TPSA) is 58.9 Å². The van der Waals surface area contributed by atoms with Gasteiger partial charge in [0.1, 0.15) is 24.7 Å². The summed E-state index contributed by atoms with van der Waals surface area (Å²) < 4.78 is 18.0. The van der Waals surface area contributed by atoms with Gasteiger partial charge in [-0.1, -0.05) is 36.4 Å². The second-order valence-corrected chi connectivity index (χ2v) is 6.92. The molecule has 0 aliphatic heterocycles. The van der Waals surface area contributed by atoms with Crippen molar-refractivity contribution in [1.29, 1.82) is 0 Å². The SMILES string of the molecule is COc1ccc(COc2cc(=O)c3ccccc3n2OCc2ccc(OC)cc2)cc1. The second-order valence-electron chi connectivity index (χ2n) is 6.92. The molecule has 0 aliphatic carbocycles. The van der Waals surface area contributed by atoms with Crippen LogP contribution in [-0.4, -0.2) is 19.0 Å². The number of aromatic nitrogens is 1. The highest BCUT2D eigenvalue weighted by atomic mass is 16.7. The molecule has 1 aromatic heterocycles. The second kappa shape index (κ2) is 9.26. The molecule has 158 valence electrons. The molecule has 6 heteroatoms. The molecule has 0 fully saturated rings. The van der Waals surface area contributed by atoms with Crippen LogP contribution < -0.4 is 24.5 Å². The number of fused-ring (bicyclic) bond motifs is 1. The largest absolute Gasteiger partial charge is 0.497 e. The zero-order valence-corrected chi connectivity index (χ0v) is 17.4. The van der Waals surface area contributed by atoms with Gasteiger partial charge in [-0.3, -0.25) is 4.79 Å². The van der Waals surface area contributed by atoms with Crippen LogP contribution in [0.5, 0.6) is 17.4 Å². The summed E-state index contributed by atoms with van der Waals surface area (Å²) in [6.45, 7) is 0.587. The highest BCUT2D eigenvalue weighted by Crippen LogP contribution is 2.20. The van der Waals surface area contributed by atoms with Gasteiger partial charge in [0.05, 0.1) is 19.7 Å². The normalized spacial score (nSPS) is 10.6. The molecule has 0 bridgehead atoms. The Morgan fingerprint density at radius 2 is 1.32 bits per heavy atom. The van der Waals surface area contributed by atoms with E-state index in [1.165, 1.54) is 6.07 Å². The first kappa shape index (κ1) is 20.3. The molecule has 0 saturated carbocycles. The minimum atomic E-state index is -0.121. The highest BCUT2D eigenvalue weighted by Gasteiger charge is 2.12. The van der Waals surface area contributed by atoms with Crippen LogP contribution in [0.4, 0.5) is 0 Å². The summed E-state index contributed by atoms with van der Waals surface area (Å²) in [6, 6.07) is 24.0. The molecule has 4 aromatic rings. The number of nitrogens with zero attached hydrogens (tertiary/aromatic N) is 1.